The molecule has 0 amide bonds. The van der Waals surface area contributed by atoms with Crippen molar-refractivity contribution in [3.63, 3.8) is 0 Å². The van der Waals surface area contributed by atoms with Crippen LogP contribution < -0.4 is 10.1 Å². The SMILES string of the molecule is CCNCc1ccccc1COc1cc(Br)ccc1Cl. The van der Waals surface area contributed by atoms with E-state index in [2.05, 4.69) is 40.3 Å². The van der Waals surface area contributed by atoms with E-state index in [1.54, 1.807) is 0 Å². The third kappa shape index (κ3) is 4.23. The molecule has 0 radical (unpaired) electrons. The third-order valence-electron chi connectivity index (χ3n) is 2.96. The van der Waals surface area contributed by atoms with E-state index in [1.165, 1.54) is 11.1 Å². The molecular formula is C16H17BrClNO. The summed E-state index contributed by atoms with van der Waals surface area (Å²) >= 11 is 9.55. The minimum Gasteiger partial charge on any atom is -0.487 e. The van der Waals surface area contributed by atoms with Gasteiger partial charge in [-0.1, -0.05) is 58.7 Å². The van der Waals surface area contributed by atoms with E-state index in [9.17, 15) is 0 Å². The monoisotopic (exact) mass is 353 g/mol. The molecule has 2 nitrogen and oxygen atoms in total. The summed E-state index contributed by atoms with van der Waals surface area (Å²) < 4.78 is 6.79. The molecule has 0 saturated heterocycles. The van der Waals surface area contributed by atoms with E-state index >= 15 is 0 Å². The zero-order valence-corrected chi connectivity index (χ0v) is 13.7. The molecule has 2 aromatic rings. The molecule has 0 aliphatic heterocycles. The van der Waals surface area contributed by atoms with E-state index in [1.807, 2.05) is 30.3 Å². The van der Waals surface area contributed by atoms with Crippen molar-refractivity contribution in [1.82, 2.24) is 5.32 Å². The van der Waals surface area contributed by atoms with E-state index in [4.69, 9.17) is 16.3 Å². The van der Waals surface area contributed by atoms with Crippen LogP contribution >= 0.6 is 27.5 Å². The van der Waals surface area contributed by atoms with Crippen molar-refractivity contribution in [2.75, 3.05) is 6.54 Å². The lowest BCUT2D eigenvalue weighted by molar-refractivity contribution is 0.304. The third-order valence-corrected chi connectivity index (χ3v) is 3.77. The van der Waals surface area contributed by atoms with Crippen LogP contribution in [0.25, 0.3) is 0 Å². The first kappa shape index (κ1) is 15.4. The molecule has 0 saturated carbocycles. The molecule has 0 aromatic heterocycles. The van der Waals surface area contributed by atoms with Gasteiger partial charge in [0, 0.05) is 11.0 Å². The van der Waals surface area contributed by atoms with Crippen molar-refractivity contribution in [3.05, 3.63) is 63.1 Å². The van der Waals surface area contributed by atoms with Gasteiger partial charge in [0.15, 0.2) is 0 Å². The van der Waals surface area contributed by atoms with Gasteiger partial charge in [0.1, 0.15) is 12.4 Å². The molecule has 4 heteroatoms. The predicted octanol–water partition coefficient (Wildman–Crippen LogP) is 4.79. The predicted molar refractivity (Wildman–Crippen MR) is 87.3 cm³/mol. The maximum Gasteiger partial charge on any atom is 0.139 e. The first-order valence-corrected chi connectivity index (χ1v) is 7.73. The zero-order valence-electron chi connectivity index (χ0n) is 11.3. The molecule has 20 heavy (non-hydrogen) atoms. The van der Waals surface area contributed by atoms with Crippen LogP contribution in [0.4, 0.5) is 0 Å². The fourth-order valence-corrected chi connectivity index (χ4v) is 2.39. The van der Waals surface area contributed by atoms with Crippen molar-refractivity contribution in [2.45, 2.75) is 20.1 Å². The molecule has 0 fully saturated rings. The van der Waals surface area contributed by atoms with Crippen molar-refractivity contribution >= 4 is 27.5 Å². The number of hydrogen-bond donors (Lipinski definition) is 1. The average Bonchev–Trinajstić information content (AvgIpc) is 2.47. The standard InChI is InChI=1S/C16H17BrClNO/c1-2-19-10-12-5-3-4-6-13(12)11-20-16-9-14(17)7-8-15(16)18/h3-9,19H,2,10-11H2,1H3. The van der Waals surface area contributed by atoms with Crippen LogP contribution in [-0.4, -0.2) is 6.54 Å². The Kier molecular flexibility index (Phi) is 5.89. The summed E-state index contributed by atoms with van der Waals surface area (Å²) in [7, 11) is 0. The summed E-state index contributed by atoms with van der Waals surface area (Å²) in [6, 6.07) is 13.9. The van der Waals surface area contributed by atoms with E-state index in [-0.39, 0.29) is 0 Å². The topological polar surface area (TPSA) is 21.3 Å². The van der Waals surface area contributed by atoms with Crippen LogP contribution in [0.5, 0.6) is 5.75 Å². The summed E-state index contributed by atoms with van der Waals surface area (Å²) in [6.45, 7) is 4.41. The molecule has 0 unspecified atom stereocenters. The second-order valence-corrected chi connectivity index (χ2v) is 5.74. The van der Waals surface area contributed by atoms with Crippen LogP contribution in [0.1, 0.15) is 18.1 Å². The van der Waals surface area contributed by atoms with Crippen molar-refractivity contribution < 1.29 is 4.74 Å². The molecule has 2 aromatic carbocycles. The van der Waals surface area contributed by atoms with Crippen LogP contribution in [0.3, 0.4) is 0 Å². The van der Waals surface area contributed by atoms with Gasteiger partial charge in [0.25, 0.3) is 0 Å². The molecule has 0 bridgehead atoms. The highest BCUT2D eigenvalue weighted by atomic mass is 79.9. The molecule has 106 valence electrons. The lowest BCUT2D eigenvalue weighted by Crippen LogP contribution is -2.14. The minimum atomic E-state index is 0.512. The summed E-state index contributed by atoms with van der Waals surface area (Å²) in [5.41, 5.74) is 2.42. The highest BCUT2D eigenvalue weighted by Gasteiger charge is 2.05. The van der Waals surface area contributed by atoms with Crippen LogP contribution in [0.2, 0.25) is 5.02 Å². The largest absolute Gasteiger partial charge is 0.487 e. The molecular weight excluding hydrogens is 338 g/mol. The van der Waals surface area contributed by atoms with Gasteiger partial charge in [0.05, 0.1) is 5.02 Å². The molecule has 2 rings (SSSR count). The maximum atomic E-state index is 6.13. The summed E-state index contributed by atoms with van der Waals surface area (Å²) in [4.78, 5) is 0. The van der Waals surface area contributed by atoms with Gasteiger partial charge in [-0.05, 0) is 35.9 Å². The quantitative estimate of drug-likeness (QED) is 0.805. The van der Waals surface area contributed by atoms with Gasteiger partial charge < -0.3 is 10.1 Å². The van der Waals surface area contributed by atoms with Gasteiger partial charge in [-0.2, -0.15) is 0 Å². The van der Waals surface area contributed by atoms with Crippen molar-refractivity contribution in [3.8, 4) is 5.75 Å². The smallest absolute Gasteiger partial charge is 0.139 e. The molecule has 1 N–H and O–H groups in total. The Morgan fingerprint density at radius 2 is 1.90 bits per heavy atom. The van der Waals surface area contributed by atoms with Crippen LogP contribution in [-0.2, 0) is 13.2 Å². The van der Waals surface area contributed by atoms with Crippen LogP contribution in [0.15, 0.2) is 46.9 Å². The lowest BCUT2D eigenvalue weighted by atomic mass is 10.1. The summed E-state index contributed by atoms with van der Waals surface area (Å²) in [5.74, 6) is 0.694. The van der Waals surface area contributed by atoms with Crippen LogP contribution in [0, 0.1) is 0 Å². The average molecular weight is 355 g/mol. The number of benzene rings is 2. The second-order valence-electron chi connectivity index (χ2n) is 4.41. The Bertz CT molecular complexity index is 574. The molecule has 0 spiro atoms. The summed E-state index contributed by atoms with van der Waals surface area (Å²) in [5, 5.41) is 3.96. The number of ether oxygens (including phenoxy) is 1. The normalized spacial score (nSPS) is 10.6. The number of nitrogens with one attached hydrogen (secondary N) is 1. The highest BCUT2D eigenvalue weighted by Crippen LogP contribution is 2.28. The summed E-state index contributed by atoms with van der Waals surface area (Å²) in [6.07, 6.45) is 0. The second kappa shape index (κ2) is 7.67. The van der Waals surface area contributed by atoms with Gasteiger partial charge in [-0.15, -0.1) is 0 Å². The van der Waals surface area contributed by atoms with E-state index < -0.39 is 0 Å². The van der Waals surface area contributed by atoms with Gasteiger partial charge >= 0.3 is 0 Å². The van der Waals surface area contributed by atoms with Gasteiger partial charge in [-0.25, -0.2) is 0 Å². The van der Waals surface area contributed by atoms with E-state index in [0.717, 1.165) is 17.6 Å². The zero-order chi connectivity index (χ0) is 14.4. The molecule has 0 aliphatic rings. The van der Waals surface area contributed by atoms with E-state index in [0.29, 0.717) is 17.4 Å². The number of rotatable bonds is 6. The molecule has 0 atom stereocenters. The highest BCUT2D eigenvalue weighted by molar-refractivity contribution is 9.10. The Hall–Kier alpha value is -1.03. The maximum absolute atomic E-state index is 6.13. The molecule has 0 heterocycles. The molecule has 0 aliphatic carbocycles. The lowest BCUT2D eigenvalue weighted by Gasteiger charge is -2.12. The van der Waals surface area contributed by atoms with Gasteiger partial charge in [0.2, 0.25) is 0 Å². The first-order chi connectivity index (χ1) is 9.70. The first-order valence-electron chi connectivity index (χ1n) is 6.56. The van der Waals surface area contributed by atoms with Crippen molar-refractivity contribution in [2.24, 2.45) is 0 Å². The Balaban J connectivity index is 2.08. The minimum absolute atomic E-state index is 0.512. The van der Waals surface area contributed by atoms with Gasteiger partial charge in [-0.3, -0.25) is 0 Å². The Labute approximate surface area is 133 Å². The number of hydrogen-bond acceptors (Lipinski definition) is 2. The fourth-order valence-electron chi connectivity index (χ4n) is 1.87. The Morgan fingerprint density at radius 3 is 2.65 bits per heavy atom. The number of halogens is 2. The Morgan fingerprint density at radius 1 is 1.15 bits per heavy atom. The van der Waals surface area contributed by atoms with Crippen molar-refractivity contribution in [1.29, 1.82) is 0 Å². The fraction of sp³-hybridized carbons (Fsp3) is 0.250.